The van der Waals surface area contributed by atoms with E-state index in [2.05, 4.69) is 60.6 Å². The van der Waals surface area contributed by atoms with E-state index in [1.807, 2.05) is 42.5 Å². The van der Waals surface area contributed by atoms with Crippen LogP contribution in [0.15, 0.2) is 96.2 Å². The van der Waals surface area contributed by atoms with Gasteiger partial charge >= 0.3 is 0 Å². The van der Waals surface area contributed by atoms with Gasteiger partial charge < -0.3 is 9.57 Å². The monoisotopic (exact) mass is 371 g/mol. The second-order valence-electron chi connectivity index (χ2n) is 7.20. The highest BCUT2D eigenvalue weighted by Gasteiger charge is 2.35. The molecule has 0 radical (unpaired) electrons. The molecule has 1 saturated heterocycles. The van der Waals surface area contributed by atoms with Gasteiger partial charge in [-0.05, 0) is 16.7 Å². The van der Waals surface area contributed by atoms with Gasteiger partial charge in [-0.3, -0.25) is 0 Å². The third-order valence-electron chi connectivity index (χ3n) is 5.24. The van der Waals surface area contributed by atoms with Crippen LogP contribution >= 0.6 is 0 Å². The summed E-state index contributed by atoms with van der Waals surface area (Å²) in [6, 6.07) is 30.9. The van der Waals surface area contributed by atoms with Crippen LogP contribution in [0.5, 0.6) is 0 Å². The predicted octanol–water partition coefficient (Wildman–Crippen LogP) is 6.10. The maximum Gasteiger partial charge on any atom is 0.142 e. The van der Waals surface area contributed by atoms with Crippen molar-refractivity contribution in [2.24, 2.45) is 11.1 Å². The topological polar surface area (TPSA) is 30.8 Å². The van der Waals surface area contributed by atoms with Crippen LogP contribution in [-0.2, 0) is 16.2 Å². The molecule has 0 bridgehead atoms. The average Bonchev–Trinajstić information content (AvgIpc) is 2.77. The lowest BCUT2D eigenvalue weighted by Crippen LogP contribution is -2.31. The number of ether oxygens (including phenoxy) is 1. The summed E-state index contributed by atoms with van der Waals surface area (Å²) in [6.07, 6.45) is 0.671. The second-order valence-corrected chi connectivity index (χ2v) is 7.20. The Hall–Kier alpha value is -2.91. The first kappa shape index (κ1) is 18.5. The smallest absolute Gasteiger partial charge is 0.142 e. The number of rotatable bonds is 5. The normalized spacial score (nSPS) is 23.5. The Morgan fingerprint density at radius 3 is 2.04 bits per heavy atom. The van der Waals surface area contributed by atoms with Gasteiger partial charge in [-0.15, -0.1) is 0 Å². The molecule has 28 heavy (non-hydrogen) atoms. The number of benzene rings is 3. The molecule has 0 spiro atoms. The van der Waals surface area contributed by atoms with E-state index in [4.69, 9.17) is 9.57 Å². The maximum atomic E-state index is 6.53. The van der Waals surface area contributed by atoms with Gasteiger partial charge in [-0.2, -0.15) is 0 Å². The van der Waals surface area contributed by atoms with E-state index in [0.717, 1.165) is 17.7 Å². The molecular formula is C25H25NO2. The highest BCUT2D eigenvalue weighted by Crippen LogP contribution is 2.40. The molecule has 1 fully saturated rings. The van der Waals surface area contributed by atoms with Crippen LogP contribution < -0.4 is 0 Å². The number of oxime groups is 1. The van der Waals surface area contributed by atoms with Gasteiger partial charge in [-0.25, -0.2) is 0 Å². The molecule has 4 rings (SSSR count). The molecular weight excluding hydrogens is 346 g/mol. The van der Waals surface area contributed by atoms with Gasteiger partial charge in [0.2, 0.25) is 0 Å². The van der Waals surface area contributed by atoms with Gasteiger partial charge in [0.25, 0.3) is 0 Å². The Balaban J connectivity index is 1.57. The number of nitrogens with zero attached hydrogens (tertiary/aromatic N) is 1. The first-order valence-corrected chi connectivity index (χ1v) is 9.79. The summed E-state index contributed by atoms with van der Waals surface area (Å²) >= 11 is 0. The van der Waals surface area contributed by atoms with Gasteiger partial charge in [0, 0.05) is 12.3 Å². The SMILES string of the molecule is CC1/C(=N\OCc2ccccc2)CC(c2ccccc2)OC1c1ccccc1. The lowest BCUT2D eigenvalue weighted by Gasteiger charge is -2.36. The zero-order valence-electron chi connectivity index (χ0n) is 16.1. The lowest BCUT2D eigenvalue weighted by molar-refractivity contribution is -0.0449. The van der Waals surface area contributed by atoms with Crippen molar-refractivity contribution in [3.63, 3.8) is 0 Å². The van der Waals surface area contributed by atoms with Crippen LogP contribution in [0.25, 0.3) is 0 Å². The van der Waals surface area contributed by atoms with Gasteiger partial charge in [0.05, 0.1) is 17.9 Å². The van der Waals surface area contributed by atoms with Crippen LogP contribution in [0.1, 0.15) is 42.2 Å². The van der Waals surface area contributed by atoms with Crippen molar-refractivity contribution in [2.45, 2.75) is 32.2 Å². The number of hydrogen-bond acceptors (Lipinski definition) is 3. The largest absolute Gasteiger partial charge is 0.391 e. The Kier molecular flexibility index (Phi) is 5.83. The molecule has 1 heterocycles. The predicted molar refractivity (Wildman–Crippen MR) is 112 cm³/mol. The van der Waals surface area contributed by atoms with E-state index in [1.54, 1.807) is 0 Å². The van der Waals surface area contributed by atoms with E-state index in [1.165, 1.54) is 11.1 Å². The average molecular weight is 371 g/mol. The Morgan fingerprint density at radius 2 is 1.39 bits per heavy atom. The fourth-order valence-electron chi connectivity index (χ4n) is 3.65. The minimum atomic E-state index is -0.0424. The zero-order valence-corrected chi connectivity index (χ0v) is 16.1. The van der Waals surface area contributed by atoms with E-state index in [0.29, 0.717) is 6.61 Å². The molecule has 3 atom stereocenters. The minimum Gasteiger partial charge on any atom is -0.391 e. The highest BCUT2D eigenvalue weighted by atomic mass is 16.6. The van der Waals surface area contributed by atoms with Crippen molar-refractivity contribution in [3.05, 3.63) is 108 Å². The summed E-state index contributed by atoms with van der Waals surface area (Å²) in [5.41, 5.74) is 4.51. The first-order chi connectivity index (χ1) is 13.8. The van der Waals surface area contributed by atoms with Crippen molar-refractivity contribution < 1.29 is 9.57 Å². The molecule has 0 amide bonds. The molecule has 0 saturated carbocycles. The molecule has 1 aliphatic heterocycles. The third kappa shape index (κ3) is 4.32. The zero-order chi connectivity index (χ0) is 19.2. The van der Waals surface area contributed by atoms with Crippen LogP contribution in [0, 0.1) is 5.92 Å². The molecule has 0 aromatic heterocycles. The van der Waals surface area contributed by atoms with Crippen molar-refractivity contribution >= 4 is 5.71 Å². The van der Waals surface area contributed by atoms with E-state index in [-0.39, 0.29) is 18.1 Å². The molecule has 1 aliphatic rings. The van der Waals surface area contributed by atoms with Gasteiger partial charge in [0.1, 0.15) is 6.61 Å². The Labute approximate surface area is 166 Å². The minimum absolute atomic E-state index is 0.0262. The molecule has 0 aliphatic carbocycles. The fraction of sp³-hybridized carbons (Fsp3) is 0.240. The van der Waals surface area contributed by atoms with Crippen molar-refractivity contribution in [2.75, 3.05) is 0 Å². The summed E-state index contributed by atoms with van der Waals surface area (Å²) < 4.78 is 6.53. The number of hydrogen-bond donors (Lipinski definition) is 0. The van der Waals surface area contributed by atoms with Crippen LogP contribution in [-0.4, -0.2) is 5.71 Å². The second kappa shape index (κ2) is 8.85. The van der Waals surface area contributed by atoms with Crippen LogP contribution in [0.4, 0.5) is 0 Å². The maximum absolute atomic E-state index is 6.53. The van der Waals surface area contributed by atoms with Crippen molar-refractivity contribution in [1.82, 2.24) is 0 Å². The lowest BCUT2D eigenvalue weighted by atomic mass is 9.85. The molecule has 3 aromatic carbocycles. The van der Waals surface area contributed by atoms with Crippen LogP contribution in [0.3, 0.4) is 0 Å². The molecule has 3 unspecified atom stereocenters. The summed E-state index contributed by atoms with van der Waals surface area (Å²) in [5, 5.41) is 4.55. The molecule has 3 aromatic rings. The van der Waals surface area contributed by atoms with Gasteiger partial charge in [-0.1, -0.05) is 103 Å². The molecule has 142 valence electrons. The Bertz CT molecular complexity index is 894. The van der Waals surface area contributed by atoms with Crippen LogP contribution in [0.2, 0.25) is 0 Å². The summed E-state index contributed by atoms with van der Waals surface area (Å²) in [4.78, 5) is 5.73. The molecule has 3 heteroatoms. The molecule has 3 nitrogen and oxygen atoms in total. The molecule has 0 N–H and O–H groups in total. The first-order valence-electron chi connectivity index (χ1n) is 9.79. The van der Waals surface area contributed by atoms with Gasteiger partial charge in [0.15, 0.2) is 0 Å². The summed E-state index contributed by atoms with van der Waals surface area (Å²) in [6.45, 7) is 2.65. The quantitative estimate of drug-likeness (QED) is 0.508. The fourth-order valence-corrected chi connectivity index (χ4v) is 3.65. The summed E-state index contributed by atoms with van der Waals surface area (Å²) in [7, 11) is 0. The highest BCUT2D eigenvalue weighted by molar-refractivity contribution is 5.88. The van der Waals surface area contributed by atoms with Crippen molar-refractivity contribution in [3.8, 4) is 0 Å². The standard InChI is InChI=1S/C25H25NO2/c1-19-23(26-27-18-20-11-5-2-6-12-20)17-24(21-13-7-3-8-14-21)28-25(19)22-15-9-4-10-16-22/h2-16,19,24-25H,17-18H2,1H3/b26-23-. The van der Waals surface area contributed by atoms with E-state index in [9.17, 15) is 0 Å². The van der Waals surface area contributed by atoms with E-state index >= 15 is 0 Å². The van der Waals surface area contributed by atoms with E-state index < -0.39 is 0 Å². The summed E-state index contributed by atoms with van der Waals surface area (Å²) in [5.74, 6) is 0.151. The Morgan fingerprint density at radius 1 is 0.821 bits per heavy atom. The van der Waals surface area contributed by atoms with Crippen molar-refractivity contribution in [1.29, 1.82) is 0 Å². The third-order valence-corrected chi connectivity index (χ3v) is 5.24.